The van der Waals surface area contributed by atoms with Crippen molar-refractivity contribution in [2.24, 2.45) is 0 Å². The molecule has 0 bridgehead atoms. The third-order valence-corrected chi connectivity index (χ3v) is 7.66. The number of terminal acetylenes is 1. The summed E-state index contributed by atoms with van der Waals surface area (Å²) in [6, 6.07) is 21.2. The van der Waals surface area contributed by atoms with E-state index >= 15 is 0 Å². The SMILES string of the molecule is Cc1[c-]c2c3ncccc3c3ncccc3n2n1.Cc1cc2c3ncccc3c3ncccc3n2n1.[C-]#CC#CC#CC#CC#CC#CC#CC#CC#CC#CC#CC#CC#C.[Ir].[Ir]. The molecule has 0 fully saturated rings. The Hall–Kier alpha value is -9.40. The number of fused-ring (bicyclic) bond motifs is 12. The quantitative estimate of drug-likeness (QED) is 0.113. The second kappa shape index (κ2) is 25.3. The summed E-state index contributed by atoms with van der Waals surface area (Å²) in [5.41, 5.74) is 9.48. The predicted molar refractivity (Wildman–Crippen MR) is 241 cm³/mol. The van der Waals surface area contributed by atoms with E-state index in [0.717, 1.165) is 66.3 Å². The van der Waals surface area contributed by atoms with Crippen LogP contribution < -0.4 is 0 Å². The van der Waals surface area contributed by atoms with Crippen molar-refractivity contribution in [3.05, 3.63) is 103 Å². The Morgan fingerprint density at radius 3 is 1.30 bits per heavy atom. The zero-order valence-corrected chi connectivity index (χ0v) is 38.1. The average Bonchev–Trinajstić information content (AvgIpc) is 3.91. The van der Waals surface area contributed by atoms with Gasteiger partial charge in [0.05, 0.1) is 38.8 Å². The molecule has 8 rings (SSSR count). The summed E-state index contributed by atoms with van der Waals surface area (Å²) in [4.78, 5) is 17.8. The van der Waals surface area contributed by atoms with E-state index in [1.165, 1.54) is 0 Å². The molecule has 8 heterocycles. The molecule has 296 valence electrons. The van der Waals surface area contributed by atoms with Gasteiger partial charge >= 0.3 is 0 Å². The van der Waals surface area contributed by atoms with Crippen molar-refractivity contribution in [2.45, 2.75) is 13.8 Å². The Morgan fingerprint density at radius 1 is 0.469 bits per heavy atom. The van der Waals surface area contributed by atoms with Gasteiger partial charge in [0, 0.05) is 100.0 Å². The Morgan fingerprint density at radius 2 is 0.844 bits per heavy atom. The van der Waals surface area contributed by atoms with E-state index in [1.807, 2.05) is 71.3 Å². The molecule has 0 aliphatic rings. The van der Waals surface area contributed by atoms with Crippen molar-refractivity contribution in [2.75, 3.05) is 0 Å². The molecule has 64 heavy (non-hydrogen) atoms. The van der Waals surface area contributed by atoms with E-state index in [4.69, 9.17) is 12.8 Å². The van der Waals surface area contributed by atoms with Gasteiger partial charge in [0.2, 0.25) is 0 Å². The van der Waals surface area contributed by atoms with Crippen LogP contribution in [-0.4, -0.2) is 39.2 Å². The van der Waals surface area contributed by atoms with Crippen molar-refractivity contribution in [1.82, 2.24) is 39.2 Å². The smallest absolute Gasteiger partial charge is 0.0982 e. The van der Waals surface area contributed by atoms with Crippen molar-refractivity contribution in [1.29, 1.82) is 0 Å². The van der Waals surface area contributed by atoms with E-state index in [0.29, 0.717) is 0 Å². The van der Waals surface area contributed by atoms with Gasteiger partial charge in [0.15, 0.2) is 0 Å². The topological polar surface area (TPSA) is 86.2 Å². The molecule has 0 N–H and O–H groups in total. The number of pyridine rings is 6. The number of aromatic nitrogens is 8. The fraction of sp³-hybridized carbons (Fsp3) is 0.0370. The molecule has 0 saturated heterocycles. The number of nitrogens with zero attached hydrogens (tertiary/aromatic N) is 8. The van der Waals surface area contributed by atoms with Gasteiger partial charge in [-0.2, -0.15) is 16.3 Å². The molecule has 0 spiro atoms. The molecule has 10 heteroatoms. The number of hydrogen-bond acceptors (Lipinski definition) is 6. The summed E-state index contributed by atoms with van der Waals surface area (Å²) in [5, 5.41) is 11.1. The Balaban J connectivity index is 0.000000211. The monoisotopic (exact) mass is 1170 g/mol. The molecule has 0 aliphatic carbocycles. The van der Waals surface area contributed by atoms with Crippen molar-refractivity contribution in [3.8, 4) is 149 Å². The maximum Gasteiger partial charge on any atom is 0.0982 e. The predicted octanol–water partition coefficient (Wildman–Crippen LogP) is 5.52. The first-order valence-electron chi connectivity index (χ1n) is 17.9. The fourth-order valence-corrected chi connectivity index (χ4v) is 5.46. The number of hydrogen-bond donors (Lipinski definition) is 0. The first kappa shape index (κ1) is 47.3. The molecule has 0 saturated carbocycles. The maximum atomic E-state index is 6.52. The molecule has 0 amide bonds. The largest absolute Gasteiger partial charge is 0.358 e. The number of rotatable bonds is 0. The Kier molecular flexibility index (Phi) is 18.7. The first-order valence-corrected chi connectivity index (χ1v) is 17.9. The zero-order valence-electron chi connectivity index (χ0n) is 33.3. The third-order valence-electron chi connectivity index (χ3n) is 7.66. The van der Waals surface area contributed by atoms with Crippen LogP contribution in [0.25, 0.3) is 54.9 Å². The first-order chi connectivity index (χ1) is 30.6. The molecule has 0 aliphatic heterocycles. The molecule has 8 aromatic heterocycles. The maximum absolute atomic E-state index is 6.52. The van der Waals surface area contributed by atoms with Gasteiger partial charge in [-0.1, -0.05) is 22.5 Å². The van der Waals surface area contributed by atoms with Crippen LogP contribution in [0.3, 0.4) is 0 Å². The molecule has 8 aromatic rings. The van der Waals surface area contributed by atoms with Crippen LogP contribution >= 0.6 is 0 Å². The van der Waals surface area contributed by atoms with Crippen LogP contribution in [0.5, 0.6) is 0 Å². The second-order valence-electron chi connectivity index (χ2n) is 11.6. The second-order valence-corrected chi connectivity index (χ2v) is 11.6. The fourth-order valence-electron chi connectivity index (χ4n) is 5.46. The van der Waals surface area contributed by atoms with Crippen molar-refractivity contribution in [3.63, 3.8) is 0 Å². The van der Waals surface area contributed by atoms with E-state index in [2.05, 4.69) is 185 Å². The van der Waals surface area contributed by atoms with Crippen LogP contribution in [0, 0.1) is 175 Å². The molecular formula is C54H20Ir2N8-2. The van der Waals surface area contributed by atoms with Crippen LogP contribution in [0.15, 0.2) is 79.4 Å². The minimum atomic E-state index is 0. The van der Waals surface area contributed by atoms with E-state index < -0.39 is 0 Å². The van der Waals surface area contributed by atoms with Gasteiger partial charge in [-0.15, -0.1) is 12.3 Å². The molecule has 2 radical (unpaired) electrons. The van der Waals surface area contributed by atoms with Gasteiger partial charge in [-0.3, -0.25) is 25.4 Å². The summed E-state index contributed by atoms with van der Waals surface area (Å²) < 4.78 is 3.79. The van der Waals surface area contributed by atoms with E-state index in [-0.39, 0.29) is 40.2 Å². The minimum absolute atomic E-state index is 0. The zero-order chi connectivity index (χ0) is 43.2. The Labute approximate surface area is 397 Å². The summed E-state index contributed by atoms with van der Waals surface area (Å²) in [7, 11) is 0. The van der Waals surface area contributed by atoms with Gasteiger partial charge in [-0.25, -0.2) is 10.4 Å². The van der Waals surface area contributed by atoms with Gasteiger partial charge in [0.1, 0.15) is 0 Å². The van der Waals surface area contributed by atoms with Crippen LogP contribution in [-0.2, 0) is 40.2 Å². The van der Waals surface area contributed by atoms with Crippen LogP contribution in [0.1, 0.15) is 11.4 Å². The van der Waals surface area contributed by atoms with Gasteiger partial charge in [-0.05, 0) is 163 Å². The standard InChI is InChI=1S/C26H.C14H10N4.C14H9N4.2Ir/c1-3-5-7-9-11-13-15-17-19-21-23-25-26-24-22-20-18-16-14-12-10-8-6-4-2;2*1-9-8-12-14-10(4-2-6-16-14)13-11(18(12)17-9)5-3-7-15-13;;/h1H;2-8H,1H3;2-7H,1H3;;/q-1;;-1;;. The van der Waals surface area contributed by atoms with Crippen LogP contribution in [0.4, 0.5) is 0 Å². The number of aryl methyl sites for hydroxylation is 2. The Bertz CT molecular complexity index is 3550. The normalized spacial score (nSPS) is 8.06. The minimum Gasteiger partial charge on any atom is -0.358 e. The van der Waals surface area contributed by atoms with E-state index in [1.54, 1.807) is 24.8 Å². The van der Waals surface area contributed by atoms with Gasteiger partial charge in [0.25, 0.3) is 0 Å². The van der Waals surface area contributed by atoms with Crippen molar-refractivity contribution < 1.29 is 40.2 Å². The summed E-state index contributed by atoms with van der Waals surface area (Å²) in [6.07, 6.45) is 18.6. The molecule has 0 atom stereocenters. The molecule has 0 aromatic carbocycles. The molecule has 0 unspecified atom stereocenters. The summed E-state index contributed by atoms with van der Waals surface area (Å²) in [6.45, 7) is 3.92. The summed E-state index contributed by atoms with van der Waals surface area (Å²) in [5.74, 6) is 57.6. The average molecular weight is 1170 g/mol. The molecule has 8 nitrogen and oxygen atoms in total. The van der Waals surface area contributed by atoms with Crippen molar-refractivity contribution >= 4 is 54.9 Å². The van der Waals surface area contributed by atoms with Crippen LogP contribution in [0.2, 0.25) is 0 Å². The third kappa shape index (κ3) is 12.6. The molecular weight excluding hydrogens is 1150 g/mol. The van der Waals surface area contributed by atoms with Gasteiger partial charge < -0.3 is 11.4 Å². The van der Waals surface area contributed by atoms with E-state index in [9.17, 15) is 0 Å². The summed E-state index contributed by atoms with van der Waals surface area (Å²) >= 11 is 0.